The van der Waals surface area contributed by atoms with E-state index in [9.17, 15) is 0 Å². The molecule has 2 heteroatoms. The molecule has 0 aromatic heterocycles. The molecule has 0 aliphatic heterocycles. The lowest BCUT2D eigenvalue weighted by Crippen LogP contribution is -2.37. The van der Waals surface area contributed by atoms with Crippen LogP contribution in [0.5, 0.6) is 0 Å². The van der Waals surface area contributed by atoms with Gasteiger partial charge >= 0.3 is 0 Å². The largest absolute Gasteiger partial charge is 0.313 e. The number of nitrogens with one attached hydrogen (secondary N) is 1. The summed E-state index contributed by atoms with van der Waals surface area (Å²) in [5.41, 5.74) is 0. The van der Waals surface area contributed by atoms with Gasteiger partial charge < -0.3 is 10.2 Å². The second-order valence-electron chi connectivity index (χ2n) is 5.30. The Morgan fingerprint density at radius 2 is 1.73 bits per heavy atom. The molecule has 1 aliphatic rings. The average molecular weight is 212 g/mol. The number of likely N-dealkylation sites (N-methyl/N-ethyl adjacent to an activating group) is 1. The molecule has 1 atom stereocenters. The van der Waals surface area contributed by atoms with Crippen molar-refractivity contribution >= 4 is 0 Å². The van der Waals surface area contributed by atoms with Gasteiger partial charge in [-0.15, -0.1) is 0 Å². The Kier molecular flexibility index (Phi) is 6.26. The van der Waals surface area contributed by atoms with E-state index in [2.05, 4.69) is 31.2 Å². The maximum atomic E-state index is 3.67. The van der Waals surface area contributed by atoms with Gasteiger partial charge in [-0.05, 0) is 39.8 Å². The first-order valence-electron chi connectivity index (χ1n) is 6.58. The summed E-state index contributed by atoms with van der Waals surface area (Å²) in [6.45, 7) is 4.65. The van der Waals surface area contributed by atoms with Gasteiger partial charge in [0.1, 0.15) is 0 Å². The SMILES string of the molecule is C[C@H](NCCN(C)C)C1CCCCCC1. The minimum atomic E-state index is 0.711. The molecule has 1 rings (SSSR count). The number of rotatable bonds is 5. The van der Waals surface area contributed by atoms with E-state index in [-0.39, 0.29) is 0 Å². The molecule has 2 nitrogen and oxygen atoms in total. The minimum absolute atomic E-state index is 0.711. The number of hydrogen-bond donors (Lipinski definition) is 1. The fourth-order valence-electron chi connectivity index (χ4n) is 2.49. The number of nitrogens with zero attached hydrogens (tertiary/aromatic N) is 1. The Morgan fingerprint density at radius 3 is 2.27 bits per heavy atom. The standard InChI is InChI=1S/C13H28N2/c1-12(14-10-11-15(2)3)13-8-6-4-5-7-9-13/h12-14H,4-11H2,1-3H3/t12-/m0/s1. The average Bonchev–Trinajstić information content (AvgIpc) is 2.44. The molecule has 0 unspecified atom stereocenters. The molecule has 0 amide bonds. The van der Waals surface area contributed by atoms with E-state index < -0.39 is 0 Å². The summed E-state index contributed by atoms with van der Waals surface area (Å²) in [7, 11) is 4.27. The van der Waals surface area contributed by atoms with Gasteiger partial charge in [-0.1, -0.05) is 25.7 Å². The van der Waals surface area contributed by atoms with Crippen LogP contribution in [0, 0.1) is 5.92 Å². The maximum Gasteiger partial charge on any atom is 0.0101 e. The van der Waals surface area contributed by atoms with Crippen LogP contribution in [0.3, 0.4) is 0 Å². The Labute approximate surface area is 95.4 Å². The van der Waals surface area contributed by atoms with Crippen LogP contribution < -0.4 is 5.32 Å². The second kappa shape index (κ2) is 7.24. The molecule has 0 aromatic carbocycles. The highest BCUT2D eigenvalue weighted by atomic mass is 15.1. The van der Waals surface area contributed by atoms with Crippen molar-refractivity contribution in [2.24, 2.45) is 5.92 Å². The molecule has 90 valence electrons. The first-order valence-corrected chi connectivity index (χ1v) is 6.58. The third-order valence-corrected chi connectivity index (χ3v) is 3.63. The molecule has 0 radical (unpaired) electrons. The zero-order valence-corrected chi connectivity index (χ0v) is 10.8. The quantitative estimate of drug-likeness (QED) is 0.704. The molecular weight excluding hydrogens is 184 g/mol. The van der Waals surface area contributed by atoms with E-state index in [0.717, 1.165) is 19.0 Å². The van der Waals surface area contributed by atoms with Gasteiger partial charge in [-0.25, -0.2) is 0 Å². The van der Waals surface area contributed by atoms with Crippen molar-refractivity contribution in [2.75, 3.05) is 27.2 Å². The summed E-state index contributed by atoms with van der Waals surface area (Å²) in [6, 6.07) is 0.711. The van der Waals surface area contributed by atoms with E-state index in [0.29, 0.717) is 6.04 Å². The fourth-order valence-corrected chi connectivity index (χ4v) is 2.49. The van der Waals surface area contributed by atoms with Crippen LogP contribution in [0.4, 0.5) is 0 Å². The predicted octanol–water partition coefficient (Wildman–Crippen LogP) is 2.50. The van der Waals surface area contributed by atoms with Crippen LogP contribution >= 0.6 is 0 Å². The monoisotopic (exact) mass is 212 g/mol. The highest BCUT2D eigenvalue weighted by Gasteiger charge is 2.18. The molecule has 1 saturated carbocycles. The van der Waals surface area contributed by atoms with Crippen LogP contribution in [0.15, 0.2) is 0 Å². The summed E-state index contributed by atoms with van der Waals surface area (Å²) < 4.78 is 0. The van der Waals surface area contributed by atoms with Gasteiger partial charge in [0.25, 0.3) is 0 Å². The third kappa shape index (κ3) is 5.53. The second-order valence-corrected chi connectivity index (χ2v) is 5.30. The molecule has 1 fully saturated rings. The first-order chi connectivity index (χ1) is 7.20. The zero-order chi connectivity index (χ0) is 11.1. The van der Waals surface area contributed by atoms with Crippen molar-refractivity contribution in [1.29, 1.82) is 0 Å². The third-order valence-electron chi connectivity index (χ3n) is 3.63. The molecule has 1 N–H and O–H groups in total. The number of hydrogen-bond acceptors (Lipinski definition) is 2. The molecule has 0 aromatic rings. The summed E-state index contributed by atoms with van der Waals surface area (Å²) in [5.74, 6) is 0.926. The van der Waals surface area contributed by atoms with Gasteiger partial charge in [0.05, 0.1) is 0 Å². The lowest BCUT2D eigenvalue weighted by molar-refractivity contribution is 0.317. The Balaban J connectivity index is 2.16. The van der Waals surface area contributed by atoms with Crippen molar-refractivity contribution in [2.45, 2.75) is 51.5 Å². The Bertz CT molecular complexity index is 149. The summed E-state index contributed by atoms with van der Waals surface area (Å²) in [6.07, 6.45) is 8.70. The first kappa shape index (κ1) is 13.0. The van der Waals surface area contributed by atoms with Gasteiger partial charge in [0, 0.05) is 19.1 Å². The smallest absolute Gasteiger partial charge is 0.0101 e. The van der Waals surface area contributed by atoms with Gasteiger partial charge in [-0.2, -0.15) is 0 Å². The van der Waals surface area contributed by atoms with Crippen LogP contribution in [0.25, 0.3) is 0 Å². The van der Waals surface area contributed by atoms with Gasteiger partial charge in [-0.3, -0.25) is 0 Å². The van der Waals surface area contributed by atoms with Crippen LogP contribution in [-0.4, -0.2) is 38.1 Å². The molecular formula is C13H28N2. The van der Waals surface area contributed by atoms with E-state index >= 15 is 0 Å². The van der Waals surface area contributed by atoms with Crippen molar-refractivity contribution in [3.8, 4) is 0 Å². The van der Waals surface area contributed by atoms with Crippen molar-refractivity contribution in [1.82, 2.24) is 10.2 Å². The molecule has 0 spiro atoms. The van der Waals surface area contributed by atoms with Gasteiger partial charge in [0.2, 0.25) is 0 Å². The summed E-state index contributed by atoms with van der Waals surface area (Å²) >= 11 is 0. The van der Waals surface area contributed by atoms with E-state index in [1.165, 1.54) is 38.5 Å². The zero-order valence-electron chi connectivity index (χ0n) is 10.8. The van der Waals surface area contributed by atoms with E-state index in [4.69, 9.17) is 0 Å². The molecule has 0 saturated heterocycles. The Morgan fingerprint density at radius 1 is 1.13 bits per heavy atom. The van der Waals surface area contributed by atoms with Crippen LogP contribution in [-0.2, 0) is 0 Å². The summed E-state index contributed by atoms with van der Waals surface area (Å²) in [5, 5.41) is 3.67. The highest BCUT2D eigenvalue weighted by Crippen LogP contribution is 2.25. The molecule has 0 heterocycles. The van der Waals surface area contributed by atoms with Crippen molar-refractivity contribution in [3.05, 3.63) is 0 Å². The lowest BCUT2D eigenvalue weighted by atomic mass is 9.93. The molecule has 0 bridgehead atoms. The van der Waals surface area contributed by atoms with Crippen molar-refractivity contribution in [3.63, 3.8) is 0 Å². The van der Waals surface area contributed by atoms with Gasteiger partial charge in [0.15, 0.2) is 0 Å². The Hall–Kier alpha value is -0.0800. The van der Waals surface area contributed by atoms with Crippen LogP contribution in [0.2, 0.25) is 0 Å². The molecule has 1 aliphatic carbocycles. The predicted molar refractivity (Wildman–Crippen MR) is 67.2 cm³/mol. The normalized spacial score (nSPS) is 21.6. The molecule has 15 heavy (non-hydrogen) atoms. The van der Waals surface area contributed by atoms with Crippen LogP contribution in [0.1, 0.15) is 45.4 Å². The summed E-state index contributed by atoms with van der Waals surface area (Å²) in [4.78, 5) is 2.24. The minimum Gasteiger partial charge on any atom is -0.313 e. The lowest BCUT2D eigenvalue weighted by Gasteiger charge is -2.24. The maximum absolute atomic E-state index is 3.67. The highest BCUT2D eigenvalue weighted by molar-refractivity contribution is 4.75. The van der Waals surface area contributed by atoms with E-state index in [1.807, 2.05) is 0 Å². The van der Waals surface area contributed by atoms with Crippen molar-refractivity contribution < 1.29 is 0 Å². The fraction of sp³-hybridized carbons (Fsp3) is 1.00. The van der Waals surface area contributed by atoms with E-state index in [1.54, 1.807) is 0 Å². The topological polar surface area (TPSA) is 15.3 Å².